The van der Waals surface area contributed by atoms with E-state index >= 15 is 0 Å². The molecule has 0 saturated carbocycles. The van der Waals surface area contributed by atoms with Crippen molar-refractivity contribution in [3.63, 3.8) is 0 Å². The summed E-state index contributed by atoms with van der Waals surface area (Å²) >= 11 is 0. The zero-order valence-electron chi connectivity index (χ0n) is 7.08. The molecule has 0 heterocycles. The Morgan fingerprint density at radius 3 is 2.36 bits per heavy atom. The number of benzene rings is 1. The first-order valence-electron chi connectivity index (χ1n) is 3.68. The highest BCUT2D eigenvalue weighted by Crippen LogP contribution is 2.27. The Bertz CT molecular complexity index is 413. The standard InChI is InChI=1S/C7H9O5PS/c8-13(6-14(9,10)11)12-7-4-2-1-3-5-7/h1-5,13H,6H2,(H,9,10,11). The second-order valence-corrected chi connectivity index (χ2v) is 5.78. The molecule has 0 radical (unpaired) electrons. The van der Waals surface area contributed by atoms with E-state index in [1.807, 2.05) is 0 Å². The molecule has 1 atom stereocenters. The minimum atomic E-state index is -4.24. The molecule has 1 N–H and O–H groups in total. The number of hydrogen-bond donors (Lipinski definition) is 1. The zero-order valence-corrected chi connectivity index (χ0v) is 8.90. The van der Waals surface area contributed by atoms with Crippen LogP contribution in [0.1, 0.15) is 0 Å². The second-order valence-electron chi connectivity index (χ2n) is 2.51. The van der Waals surface area contributed by atoms with Gasteiger partial charge in [0.15, 0.2) is 5.49 Å². The van der Waals surface area contributed by atoms with E-state index in [4.69, 9.17) is 9.08 Å². The van der Waals surface area contributed by atoms with Crippen LogP contribution in [0, 0.1) is 0 Å². The van der Waals surface area contributed by atoms with Gasteiger partial charge in [-0.2, -0.15) is 8.42 Å². The third-order valence-corrected chi connectivity index (χ3v) is 4.14. The van der Waals surface area contributed by atoms with Crippen LogP contribution in [0.3, 0.4) is 0 Å². The van der Waals surface area contributed by atoms with Crippen molar-refractivity contribution in [3.05, 3.63) is 30.3 Å². The monoisotopic (exact) mass is 236 g/mol. The Hall–Kier alpha value is -0.840. The van der Waals surface area contributed by atoms with Crippen molar-refractivity contribution in [3.8, 4) is 5.75 Å². The quantitative estimate of drug-likeness (QED) is 0.631. The summed E-state index contributed by atoms with van der Waals surface area (Å²) in [6.45, 7) is 0. The Balaban J connectivity index is 2.59. The maximum atomic E-state index is 11.1. The molecule has 5 nitrogen and oxygen atoms in total. The number of para-hydroxylation sites is 1. The Morgan fingerprint density at radius 1 is 1.29 bits per heavy atom. The first-order valence-corrected chi connectivity index (χ1v) is 6.81. The summed E-state index contributed by atoms with van der Waals surface area (Å²) in [5.74, 6) is 0.319. The number of hydrogen-bond acceptors (Lipinski definition) is 4. The van der Waals surface area contributed by atoms with Gasteiger partial charge in [0.05, 0.1) is 0 Å². The average molecular weight is 236 g/mol. The van der Waals surface area contributed by atoms with E-state index in [1.54, 1.807) is 30.3 Å². The summed E-state index contributed by atoms with van der Waals surface area (Å²) in [4.78, 5) is 0. The molecule has 78 valence electrons. The topological polar surface area (TPSA) is 80.7 Å². The molecule has 0 spiro atoms. The summed E-state index contributed by atoms with van der Waals surface area (Å²) < 4.78 is 44.9. The van der Waals surface area contributed by atoms with Crippen LogP contribution < -0.4 is 4.52 Å². The van der Waals surface area contributed by atoms with Crippen LogP contribution in [0.15, 0.2) is 30.3 Å². The lowest BCUT2D eigenvalue weighted by molar-refractivity contribution is 0.480. The van der Waals surface area contributed by atoms with E-state index in [2.05, 4.69) is 0 Å². The average Bonchev–Trinajstić information content (AvgIpc) is 2.02. The molecule has 1 unspecified atom stereocenters. The van der Waals surface area contributed by atoms with Crippen molar-refractivity contribution in [2.75, 3.05) is 5.49 Å². The van der Waals surface area contributed by atoms with Crippen LogP contribution in [-0.2, 0) is 14.7 Å². The molecule has 0 aromatic heterocycles. The maximum Gasteiger partial charge on any atom is 0.275 e. The van der Waals surface area contributed by atoms with Gasteiger partial charge in [0.25, 0.3) is 18.1 Å². The highest BCUT2D eigenvalue weighted by molar-refractivity contribution is 7.91. The van der Waals surface area contributed by atoms with Crippen LogP contribution in [0.25, 0.3) is 0 Å². The lowest BCUT2D eigenvalue weighted by atomic mass is 10.3. The second kappa shape index (κ2) is 4.59. The van der Waals surface area contributed by atoms with E-state index in [1.165, 1.54) is 0 Å². The van der Waals surface area contributed by atoms with Crippen LogP contribution in [-0.4, -0.2) is 18.5 Å². The summed E-state index contributed by atoms with van der Waals surface area (Å²) in [6, 6.07) is 8.17. The van der Waals surface area contributed by atoms with Crippen LogP contribution in [0.4, 0.5) is 0 Å². The molecule has 14 heavy (non-hydrogen) atoms. The molecule has 0 aliphatic carbocycles. The van der Waals surface area contributed by atoms with Crippen molar-refractivity contribution < 1.29 is 22.1 Å². The van der Waals surface area contributed by atoms with Gasteiger partial charge in [0.1, 0.15) is 5.75 Å². The van der Waals surface area contributed by atoms with Gasteiger partial charge in [-0.1, -0.05) is 18.2 Å². The molecular formula is C7H9O5PS. The molecule has 0 saturated heterocycles. The predicted octanol–water partition coefficient (Wildman–Crippen LogP) is 1.39. The fourth-order valence-electron chi connectivity index (χ4n) is 0.798. The predicted molar refractivity (Wildman–Crippen MR) is 52.5 cm³/mol. The molecular weight excluding hydrogens is 227 g/mol. The van der Waals surface area contributed by atoms with Gasteiger partial charge in [-0.05, 0) is 12.1 Å². The van der Waals surface area contributed by atoms with E-state index < -0.39 is 23.6 Å². The van der Waals surface area contributed by atoms with Crippen molar-refractivity contribution in [1.82, 2.24) is 0 Å². The Labute approximate surface area is 82.3 Å². The lowest BCUT2D eigenvalue weighted by Gasteiger charge is -2.03. The minimum Gasteiger partial charge on any atom is -0.444 e. The Morgan fingerprint density at radius 2 is 1.86 bits per heavy atom. The van der Waals surface area contributed by atoms with Crippen molar-refractivity contribution in [1.29, 1.82) is 0 Å². The normalized spacial score (nSPS) is 13.5. The summed E-state index contributed by atoms with van der Waals surface area (Å²) in [5.41, 5.74) is -0.855. The molecule has 0 fully saturated rings. The van der Waals surface area contributed by atoms with Crippen molar-refractivity contribution >= 4 is 18.1 Å². The van der Waals surface area contributed by atoms with E-state index in [0.29, 0.717) is 5.75 Å². The van der Waals surface area contributed by atoms with E-state index in [0.717, 1.165) is 0 Å². The van der Waals surface area contributed by atoms with E-state index in [9.17, 15) is 13.0 Å². The first kappa shape index (κ1) is 11.2. The molecule has 1 aromatic carbocycles. The minimum absolute atomic E-state index is 0.319. The lowest BCUT2D eigenvalue weighted by Crippen LogP contribution is -2.01. The third-order valence-electron chi connectivity index (χ3n) is 1.28. The van der Waals surface area contributed by atoms with Gasteiger partial charge >= 0.3 is 0 Å². The van der Waals surface area contributed by atoms with Gasteiger partial charge in [0, 0.05) is 0 Å². The summed E-state index contributed by atoms with van der Waals surface area (Å²) in [6.07, 6.45) is 0. The molecule has 0 aliphatic rings. The van der Waals surface area contributed by atoms with Gasteiger partial charge in [-0.15, -0.1) is 0 Å². The summed E-state index contributed by atoms with van der Waals surface area (Å²) in [5, 5.41) is 0. The van der Waals surface area contributed by atoms with Gasteiger partial charge < -0.3 is 4.52 Å². The van der Waals surface area contributed by atoms with Crippen LogP contribution >= 0.6 is 8.03 Å². The maximum absolute atomic E-state index is 11.1. The highest BCUT2D eigenvalue weighted by Gasteiger charge is 2.12. The molecule has 7 heteroatoms. The van der Waals surface area contributed by atoms with Gasteiger partial charge in [-0.3, -0.25) is 9.12 Å². The smallest absolute Gasteiger partial charge is 0.275 e. The molecule has 1 aromatic rings. The van der Waals surface area contributed by atoms with E-state index in [-0.39, 0.29) is 0 Å². The highest BCUT2D eigenvalue weighted by atomic mass is 32.2. The van der Waals surface area contributed by atoms with Crippen LogP contribution in [0.5, 0.6) is 5.75 Å². The van der Waals surface area contributed by atoms with Crippen LogP contribution in [0.2, 0.25) is 0 Å². The fraction of sp³-hybridized carbons (Fsp3) is 0.143. The molecule has 1 rings (SSSR count). The van der Waals surface area contributed by atoms with Gasteiger partial charge in [0.2, 0.25) is 0 Å². The molecule has 0 bridgehead atoms. The SMILES string of the molecule is O=[PH](CS(=O)(=O)O)Oc1ccccc1. The zero-order chi connectivity index (χ0) is 10.6. The molecule has 0 amide bonds. The fourth-order valence-corrected chi connectivity index (χ4v) is 2.62. The molecule has 0 aliphatic heterocycles. The third kappa shape index (κ3) is 4.41. The Kier molecular flexibility index (Phi) is 3.69. The van der Waals surface area contributed by atoms with Gasteiger partial charge in [-0.25, -0.2) is 0 Å². The van der Waals surface area contributed by atoms with Crippen molar-refractivity contribution in [2.45, 2.75) is 0 Å². The first-order chi connectivity index (χ1) is 6.47. The largest absolute Gasteiger partial charge is 0.444 e. The number of rotatable bonds is 4. The van der Waals surface area contributed by atoms with Crippen molar-refractivity contribution in [2.24, 2.45) is 0 Å². The summed E-state index contributed by atoms with van der Waals surface area (Å²) in [7, 11) is -7.02.